The van der Waals surface area contributed by atoms with Gasteiger partial charge in [-0.25, -0.2) is 0 Å². The Hall–Kier alpha value is -0.780. The molecule has 8 heavy (non-hydrogen) atoms. The predicted molar refractivity (Wildman–Crippen MR) is 34.0 cm³/mol. The zero-order valence-electron chi connectivity index (χ0n) is 4.94. The molecule has 0 aliphatic heterocycles. The van der Waals surface area contributed by atoms with E-state index in [0.29, 0.717) is 0 Å². The van der Waals surface area contributed by atoms with Gasteiger partial charge in [0.25, 0.3) is 0 Å². The Morgan fingerprint density at radius 3 is 2.88 bits per heavy atom. The van der Waals surface area contributed by atoms with Gasteiger partial charge in [-0.05, 0) is 30.0 Å². The normalized spacial score (nSPS) is 13.1. The van der Waals surface area contributed by atoms with Crippen LogP contribution in [0.1, 0.15) is 16.7 Å². The van der Waals surface area contributed by atoms with Crippen LogP contribution in [0.25, 0.3) is 0 Å². The van der Waals surface area contributed by atoms with Crippen molar-refractivity contribution in [2.24, 2.45) is 0 Å². The molecule has 0 heterocycles. The Morgan fingerprint density at radius 1 is 1.38 bits per heavy atom. The summed E-state index contributed by atoms with van der Waals surface area (Å²) in [5.41, 5.74) is 4.58. The average molecular weight is 104 g/mol. The van der Waals surface area contributed by atoms with Gasteiger partial charge in [-0.3, -0.25) is 0 Å². The number of aryl methyl sites for hydroxylation is 1. The first-order valence-corrected chi connectivity index (χ1v) is 2.95. The number of fused-ring (bicyclic) bond motifs is 1. The standard InChI is InChI=1S/C8H8/c1-6-3-2-4-7-5-8(6)7/h2-4H,5H2,1H3. The minimum atomic E-state index is 1.25. The largest absolute Gasteiger partial charge is 0.0617 e. The third-order valence-electron chi connectivity index (χ3n) is 1.75. The van der Waals surface area contributed by atoms with Crippen molar-refractivity contribution in [3.63, 3.8) is 0 Å². The number of rotatable bonds is 0. The molecule has 0 nitrogen and oxygen atoms in total. The number of hydrogen-bond acceptors (Lipinski definition) is 0. The summed E-state index contributed by atoms with van der Waals surface area (Å²) in [6, 6.07) is 6.50. The Morgan fingerprint density at radius 2 is 2.25 bits per heavy atom. The van der Waals surface area contributed by atoms with Crippen LogP contribution in [-0.4, -0.2) is 0 Å². The second-order valence-corrected chi connectivity index (χ2v) is 2.39. The van der Waals surface area contributed by atoms with Crippen LogP contribution in [0.2, 0.25) is 0 Å². The van der Waals surface area contributed by atoms with E-state index < -0.39 is 0 Å². The average Bonchev–Trinajstić information content (AvgIpc) is 2.45. The van der Waals surface area contributed by atoms with Crippen LogP contribution in [0.4, 0.5) is 0 Å². The van der Waals surface area contributed by atoms with Crippen LogP contribution in [0, 0.1) is 6.92 Å². The molecule has 0 spiro atoms. The van der Waals surface area contributed by atoms with Crippen molar-refractivity contribution in [1.29, 1.82) is 0 Å². The summed E-state index contributed by atoms with van der Waals surface area (Å²) < 4.78 is 0. The molecule has 0 saturated heterocycles. The van der Waals surface area contributed by atoms with Gasteiger partial charge in [-0.2, -0.15) is 0 Å². The van der Waals surface area contributed by atoms with Crippen LogP contribution < -0.4 is 0 Å². The molecule has 0 bridgehead atoms. The monoisotopic (exact) mass is 104 g/mol. The maximum absolute atomic E-state index is 2.20. The van der Waals surface area contributed by atoms with Gasteiger partial charge in [0.15, 0.2) is 0 Å². The van der Waals surface area contributed by atoms with E-state index in [4.69, 9.17) is 0 Å². The third-order valence-corrected chi connectivity index (χ3v) is 1.75. The summed E-state index contributed by atoms with van der Waals surface area (Å²) in [6.07, 6.45) is 1.25. The second-order valence-electron chi connectivity index (χ2n) is 2.39. The molecular formula is C8H8. The van der Waals surface area contributed by atoms with Gasteiger partial charge in [0.2, 0.25) is 0 Å². The highest BCUT2D eigenvalue weighted by atomic mass is 14.2. The van der Waals surface area contributed by atoms with E-state index in [1.54, 1.807) is 11.1 Å². The van der Waals surface area contributed by atoms with Gasteiger partial charge in [-0.15, -0.1) is 0 Å². The lowest BCUT2D eigenvalue weighted by Crippen LogP contribution is -1.64. The van der Waals surface area contributed by atoms with Crippen LogP contribution in [0.5, 0.6) is 0 Å². The minimum absolute atomic E-state index is 1.25. The molecule has 0 N–H and O–H groups in total. The summed E-state index contributed by atoms with van der Waals surface area (Å²) in [5.74, 6) is 0. The molecule has 0 fully saturated rings. The van der Waals surface area contributed by atoms with Crippen molar-refractivity contribution in [3.8, 4) is 0 Å². The van der Waals surface area contributed by atoms with Crippen molar-refractivity contribution >= 4 is 0 Å². The molecule has 1 aliphatic carbocycles. The second kappa shape index (κ2) is 1.13. The summed E-state index contributed by atoms with van der Waals surface area (Å²) in [5, 5.41) is 0. The number of hydrogen-bond donors (Lipinski definition) is 0. The van der Waals surface area contributed by atoms with Crippen molar-refractivity contribution in [1.82, 2.24) is 0 Å². The Balaban J connectivity index is 2.70. The summed E-state index contributed by atoms with van der Waals surface area (Å²) in [4.78, 5) is 0. The molecule has 1 aromatic rings. The van der Waals surface area contributed by atoms with E-state index in [1.807, 2.05) is 0 Å². The lowest BCUT2D eigenvalue weighted by Gasteiger charge is -1.82. The SMILES string of the molecule is Cc1cccc2c1C2. The molecule has 0 unspecified atom stereocenters. The molecule has 40 valence electrons. The molecule has 0 amide bonds. The molecule has 0 saturated carbocycles. The van der Waals surface area contributed by atoms with Crippen molar-refractivity contribution < 1.29 is 0 Å². The zero-order chi connectivity index (χ0) is 5.56. The van der Waals surface area contributed by atoms with E-state index in [9.17, 15) is 0 Å². The van der Waals surface area contributed by atoms with Gasteiger partial charge >= 0.3 is 0 Å². The fourth-order valence-corrected chi connectivity index (χ4v) is 1.11. The number of benzene rings is 1. The molecule has 2 rings (SSSR count). The van der Waals surface area contributed by atoms with Gasteiger partial charge in [-0.1, -0.05) is 18.2 Å². The quantitative estimate of drug-likeness (QED) is 0.479. The summed E-state index contributed by atoms with van der Waals surface area (Å²) >= 11 is 0. The molecule has 0 aromatic heterocycles. The Kier molecular flexibility index (Phi) is 0.587. The first-order chi connectivity index (χ1) is 3.88. The fourth-order valence-electron chi connectivity index (χ4n) is 1.11. The van der Waals surface area contributed by atoms with E-state index in [-0.39, 0.29) is 0 Å². The topological polar surface area (TPSA) is 0 Å². The van der Waals surface area contributed by atoms with Crippen LogP contribution in [-0.2, 0) is 6.42 Å². The zero-order valence-corrected chi connectivity index (χ0v) is 4.94. The van der Waals surface area contributed by atoms with Crippen LogP contribution in [0.15, 0.2) is 18.2 Å². The van der Waals surface area contributed by atoms with E-state index in [1.165, 1.54) is 12.0 Å². The molecule has 0 atom stereocenters. The van der Waals surface area contributed by atoms with Gasteiger partial charge < -0.3 is 0 Å². The maximum Gasteiger partial charge on any atom is -0.00173 e. The van der Waals surface area contributed by atoms with E-state index in [2.05, 4.69) is 25.1 Å². The lowest BCUT2D eigenvalue weighted by molar-refractivity contribution is 1.45. The maximum atomic E-state index is 2.20. The predicted octanol–water partition coefficient (Wildman–Crippen LogP) is 1.90. The highest BCUT2D eigenvalue weighted by molar-refractivity contribution is 5.49. The molecular weight excluding hydrogens is 96.1 g/mol. The first kappa shape index (κ1) is 4.13. The molecule has 1 aromatic carbocycles. The Bertz CT molecular complexity index is 223. The third kappa shape index (κ3) is 0.401. The van der Waals surface area contributed by atoms with Crippen LogP contribution in [0.3, 0.4) is 0 Å². The van der Waals surface area contributed by atoms with E-state index >= 15 is 0 Å². The lowest BCUT2D eigenvalue weighted by atomic mass is 10.2. The van der Waals surface area contributed by atoms with Crippen molar-refractivity contribution in [3.05, 3.63) is 34.9 Å². The summed E-state index contributed by atoms with van der Waals surface area (Å²) in [7, 11) is 0. The molecule has 1 aliphatic rings. The smallest absolute Gasteiger partial charge is 0.00173 e. The van der Waals surface area contributed by atoms with E-state index in [0.717, 1.165) is 0 Å². The Labute approximate surface area is 49.2 Å². The van der Waals surface area contributed by atoms with Crippen molar-refractivity contribution in [2.45, 2.75) is 13.3 Å². The highest BCUT2D eigenvalue weighted by Gasteiger charge is 2.16. The summed E-state index contributed by atoms with van der Waals surface area (Å²) in [6.45, 7) is 2.17. The minimum Gasteiger partial charge on any atom is -0.0617 e. The van der Waals surface area contributed by atoms with Crippen LogP contribution >= 0.6 is 0 Å². The van der Waals surface area contributed by atoms with Gasteiger partial charge in [0.1, 0.15) is 0 Å². The van der Waals surface area contributed by atoms with Gasteiger partial charge in [0.05, 0.1) is 0 Å². The molecule has 0 heteroatoms. The van der Waals surface area contributed by atoms with Crippen molar-refractivity contribution in [2.75, 3.05) is 0 Å². The van der Waals surface area contributed by atoms with Gasteiger partial charge in [0, 0.05) is 0 Å². The highest BCUT2D eigenvalue weighted by Crippen LogP contribution is 2.29. The fraction of sp³-hybridized carbons (Fsp3) is 0.250. The first-order valence-electron chi connectivity index (χ1n) is 2.95. The molecule has 0 radical (unpaired) electrons.